The molecule has 38 heavy (non-hydrogen) atoms. The molecular formula is C29H23N2O7-. The van der Waals surface area contributed by atoms with Gasteiger partial charge in [-0.2, -0.15) is 0 Å². The number of aliphatic carboxylic acids is 1. The van der Waals surface area contributed by atoms with E-state index in [0.717, 1.165) is 22.0 Å². The van der Waals surface area contributed by atoms with E-state index in [1.807, 2.05) is 36.4 Å². The van der Waals surface area contributed by atoms with Gasteiger partial charge < -0.3 is 34.1 Å². The van der Waals surface area contributed by atoms with Crippen molar-refractivity contribution in [1.82, 2.24) is 10.3 Å². The van der Waals surface area contributed by atoms with Crippen molar-refractivity contribution in [1.29, 1.82) is 0 Å². The Morgan fingerprint density at radius 3 is 2.53 bits per heavy atom. The molecule has 0 unspecified atom stereocenters. The quantitative estimate of drug-likeness (QED) is 0.291. The van der Waals surface area contributed by atoms with Gasteiger partial charge in [0.05, 0.1) is 19.1 Å². The zero-order valence-corrected chi connectivity index (χ0v) is 20.4. The second-order valence-electron chi connectivity index (χ2n) is 8.66. The molecule has 0 aliphatic rings. The number of hydrogen-bond donors (Lipinski definition) is 2. The SMILES string of the molecule is COc1ccc(-c2cc(=O)oc3cc(OCC(=O)N[C@@H](Cc4c[nH]c5ccccc45)C(=O)[O-])ccc23)cc1. The van der Waals surface area contributed by atoms with Crippen LogP contribution in [0.2, 0.25) is 0 Å². The molecule has 0 aliphatic heterocycles. The summed E-state index contributed by atoms with van der Waals surface area (Å²) < 4.78 is 16.1. The first-order valence-electron chi connectivity index (χ1n) is 11.8. The lowest BCUT2D eigenvalue weighted by Gasteiger charge is -2.19. The summed E-state index contributed by atoms with van der Waals surface area (Å²) in [6.07, 6.45) is 1.76. The molecule has 5 aromatic rings. The lowest BCUT2D eigenvalue weighted by Crippen LogP contribution is -2.50. The summed E-state index contributed by atoms with van der Waals surface area (Å²) in [7, 11) is 1.58. The summed E-state index contributed by atoms with van der Waals surface area (Å²) in [5.74, 6) is -1.06. The Labute approximate surface area is 216 Å². The van der Waals surface area contributed by atoms with Crippen LogP contribution in [0.25, 0.3) is 33.0 Å². The summed E-state index contributed by atoms with van der Waals surface area (Å²) in [6.45, 7) is -0.439. The summed E-state index contributed by atoms with van der Waals surface area (Å²) in [4.78, 5) is 39.5. The number of rotatable bonds is 9. The van der Waals surface area contributed by atoms with Crippen LogP contribution in [0.15, 0.2) is 88.2 Å². The first-order valence-corrected chi connectivity index (χ1v) is 11.8. The number of benzene rings is 3. The number of carbonyl (C=O) groups excluding carboxylic acids is 2. The molecule has 2 heterocycles. The summed E-state index contributed by atoms with van der Waals surface area (Å²) in [5, 5.41) is 15.7. The maximum Gasteiger partial charge on any atom is 0.336 e. The highest BCUT2D eigenvalue weighted by Crippen LogP contribution is 2.30. The van der Waals surface area contributed by atoms with E-state index < -0.39 is 30.2 Å². The molecule has 3 aromatic carbocycles. The Morgan fingerprint density at radius 2 is 1.76 bits per heavy atom. The van der Waals surface area contributed by atoms with Crippen molar-refractivity contribution in [3.63, 3.8) is 0 Å². The standard InChI is InChI=1S/C29H24N2O7/c1-36-19-8-6-17(7-9-19)23-14-28(33)38-26-13-20(10-11-22(23)26)37-16-27(32)31-25(29(34)35)12-18-15-30-24-5-3-2-4-21(18)24/h2-11,13-15,25,30H,12,16H2,1H3,(H,31,32)(H,34,35)/p-1/t25-/m0/s1. The predicted molar refractivity (Wildman–Crippen MR) is 139 cm³/mol. The number of carboxylic acid groups (broad SMARTS) is 1. The molecule has 0 saturated carbocycles. The zero-order chi connectivity index (χ0) is 26.6. The van der Waals surface area contributed by atoms with Gasteiger partial charge in [0.15, 0.2) is 6.61 Å². The highest BCUT2D eigenvalue weighted by molar-refractivity contribution is 5.94. The molecular weight excluding hydrogens is 488 g/mol. The van der Waals surface area contributed by atoms with E-state index in [2.05, 4.69) is 10.3 Å². The van der Waals surface area contributed by atoms with Gasteiger partial charge in [0.1, 0.15) is 17.1 Å². The Kier molecular flexibility index (Phi) is 6.82. The van der Waals surface area contributed by atoms with Gasteiger partial charge in [0.25, 0.3) is 5.91 Å². The summed E-state index contributed by atoms with van der Waals surface area (Å²) in [5.41, 5.74) is 2.85. The lowest BCUT2D eigenvalue weighted by molar-refractivity contribution is -0.308. The molecule has 9 nitrogen and oxygen atoms in total. The number of aromatic amines is 1. The third kappa shape index (κ3) is 5.22. The molecule has 0 fully saturated rings. The van der Waals surface area contributed by atoms with Crippen molar-refractivity contribution in [2.75, 3.05) is 13.7 Å². The second-order valence-corrected chi connectivity index (χ2v) is 8.66. The highest BCUT2D eigenvalue weighted by atomic mass is 16.5. The van der Waals surface area contributed by atoms with Crippen molar-refractivity contribution >= 4 is 33.7 Å². The molecule has 0 radical (unpaired) electrons. The number of methoxy groups -OCH3 is 1. The fourth-order valence-electron chi connectivity index (χ4n) is 4.34. The minimum absolute atomic E-state index is 0.0490. The third-order valence-electron chi connectivity index (χ3n) is 6.21. The van der Waals surface area contributed by atoms with Gasteiger partial charge >= 0.3 is 5.63 Å². The topological polar surface area (TPSA) is 134 Å². The average Bonchev–Trinajstić information content (AvgIpc) is 3.33. The van der Waals surface area contributed by atoms with Gasteiger partial charge in [-0.1, -0.05) is 30.3 Å². The number of carboxylic acids is 1. The molecule has 9 heteroatoms. The van der Waals surface area contributed by atoms with E-state index in [0.29, 0.717) is 16.7 Å². The number of fused-ring (bicyclic) bond motifs is 2. The van der Waals surface area contributed by atoms with Gasteiger partial charge in [-0.15, -0.1) is 0 Å². The Hall–Kier alpha value is -5.05. The minimum atomic E-state index is -1.40. The summed E-state index contributed by atoms with van der Waals surface area (Å²) >= 11 is 0. The van der Waals surface area contributed by atoms with Gasteiger partial charge in [-0.25, -0.2) is 4.79 Å². The van der Waals surface area contributed by atoms with Crippen molar-refractivity contribution in [3.05, 3.63) is 95.0 Å². The summed E-state index contributed by atoms with van der Waals surface area (Å²) in [6, 6.07) is 19.8. The van der Waals surface area contributed by atoms with E-state index in [1.54, 1.807) is 37.6 Å². The van der Waals surface area contributed by atoms with E-state index in [9.17, 15) is 19.5 Å². The Bertz CT molecular complexity index is 1690. The molecule has 0 bridgehead atoms. The number of aromatic nitrogens is 1. The maximum atomic E-state index is 12.5. The van der Waals surface area contributed by atoms with Crippen LogP contribution >= 0.6 is 0 Å². The van der Waals surface area contributed by atoms with Gasteiger partial charge in [0, 0.05) is 41.0 Å². The molecule has 1 amide bonds. The predicted octanol–water partition coefficient (Wildman–Crippen LogP) is 2.81. The van der Waals surface area contributed by atoms with Crippen LogP contribution in [0, 0.1) is 0 Å². The van der Waals surface area contributed by atoms with Crippen LogP contribution < -0.4 is 25.5 Å². The van der Waals surface area contributed by atoms with Gasteiger partial charge in [-0.3, -0.25) is 4.79 Å². The second kappa shape index (κ2) is 10.5. The first-order chi connectivity index (χ1) is 18.4. The van der Waals surface area contributed by atoms with E-state index >= 15 is 0 Å². The molecule has 2 aromatic heterocycles. The number of para-hydroxylation sites is 1. The molecule has 0 aliphatic carbocycles. The van der Waals surface area contributed by atoms with Crippen LogP contribution in [0.3, 0.4) is 0 Å². The largest absolute Gasteiger partial charge is 0.548 e. The molecule has 0 spiro atoms. The molecule has 192 valence electrons. The normalized spacial score (nSPS) is 11.8. The highest BCUT2D eigenvalue weighted by Gasteiger charge is 2.17. The van der Waals surface area contributed by atoms with Crippen molar-refractivity contribution < 1.29 is 28.6 Å². The van der Waals surface area contributed by atoms with Crippen molar-refractivity contribution in [2.45, 2.75) is 12.5 Å². The Balaban J connectivity index is 1.28. The van der Waals surface area contributed by atoms with E-state index in [1.165, 1.54) is 12.1 Å². The zero-order valence-electron chi connectivity index (χ0n) is 20.4. The molecule has 0 saturated heterocycles. The third-order valence-corrected chi connectivity index (χ3v) is 6.21. The lowest BCUT2D eigenvalue weighted by atomic mass is 10.0. The molecule has 2 N–H and O–H groups in total. The first kappa shape index (κ1) is 24.6. The number of amides is 1. The van der Waals surface area contributed by atoms with Gasteiger partial charge in [-0.05, 0) is 47.0 Å². The number of H-pyrrole nitrogens is 1. The Morgan fingerprint density at radius 1 is 1.00 bits per heavy atom. The van der Waals surface area contributed by atoms with Crippen LogP contribution in [-0.4, -0.2) is 36.6 Å². The van der Waals surface area contributed by atoms with Crippen LogP contribution in [0.5, 0.6) is 11.5 Å². The van der Waals surface area contributed by atoms with E-state index in [-0.39, 0.29) is 17.8 Å². The average molecular weight is 512 g/mol. The van der Waals surface area contributed by atoms with Crippen LogP contribution in [0.4, 0.5) is 0 Å². The molecule has 1 atom stereocenters. The maximum absolute atomic E-state index is 12.5. The van der Waals surface area contributed by atoms with Crippen LogP contribution in [0.1, 0.15) is 5.56 Å². The number of ether oxygens (including phenoxy) is 2. The minimum Gasteiger partial charge on any atom is -0.548 e. The van der Waals surface area contributed by atoms with Gasteiger partial charge in [0.2, 0.25) is 0 Å². The van der Waals surface area contributed by atoms with Crippen molar-refractivity contribution in [3.8, 4) is 22.6 Å². The number of nitrogens with one attached hydrogen (secondary N) is 2. The molecule has 5 rings (SSSR count). The number of hydrogen-bond acceptors (Lipinski definition) is 7. The fourth-order valence-corrected chi connectivity index (χ4v) is 4.34. The van der Waals surface area contributed by atoms with Crippen LogP contribution in [-0.2, 0) is 16.0 Å². The smallest absolute Gasteiger partial charge is 0.336 e. The monoisotopic (exact) mass is 511 g/mol. The van der Waals surface area contributed by atoms with Crippen molar-refractivity contribution in [2.24, 2.45) is 0 Å². The fraction of sp³-hybridized carbons (Fsp3) is 0.138. The van der Waals surface area contributed by atoms with E-state index in [4.69, 9.17) is 13.9 Å². The number of carbonyl (C=O) groups is 2.